The molecular weight excluding hydrogens is 222 g/mol. The first-order valence-corrected chi connectivity index (χ1v) is 5.55. The largest absolute Gasteiger partial charge is 0.477 e. The van der Waals surface area contributed by atoms with Crippen molar-refractivity contribution in [2.75, 3.05) is 0 Å². The van der Waals surface area contributed by atoms with Crippen molar-refractivity contribution in [2.24, 2.45) is 5.92 Å². The second-order valence-corrected chi connectivity index (χ2v) is 5.18. The van der Waals surface area contributed by atoms with Crippen LogP contribution in [0.2, 0.25) is 0 Å². The van der Waals surface area contributed by atoms with Crippen LogP contribution in [0.5, 0.6) is 0 Å². The van der Waals surface area contributed by atoms with E-state index in [0.29, 0.717) is 12.3 Å². The molecule has 0 spiro atoms. The molecule has 5 heteroatoms. The molecule has 0 aliphatic heterocycles. The van der Waals surface area contributed by atoms with Crippen LogP contribution in [0.4, 0.5) is 4.79 Å². The monoisotopic (exact) mass is 243 g/mol. The van der Waals surface area contributed by atoms with Crippen molar-refractivity contribution in [3.8, 4) is 0 Å². The fourth-order valence-corrected chi connectivity index (χ4v) is 0.959. The van der Waals surface area contributed by atoms with Gasteiger partial charge in [-0.3, -0.25) is 5.32 Å². The smallest absolute Gasteiger partial charge is 0.412 e. The summed E-state index contributed by atoms with van der Waals surface area (Å²) >= 11 is 0. The van der Waals surface area contributed by atoms with Crippen LogP contribution in [-0.2, 0) is 9.53 Å². The van der Waals surface area contributed by atoms with Gasteiger partial charge in [0.05, 0.1) is 0 Å². The van der Waals surface area contributed by atoms with E-state index < -0.39 is 17.7 Å². The highest BCUT2D eigenvalue weighted by molar-refractivity contribution is 5.90. The molecule has 1 amide bonds. The van der Waals surface area contributed by atoms with E-state index in [2.05, 4.69) is 5.32 Å². The number of carbonyl (C=O) groups is 2. The molecule has 5 nitrogen and oxygen atoms in total. The zero-order valence-corrected chi connectivity index (χ0v) is 11.0. The number of carbonyl (C=O) groups excluding carboxylic acids is 1. The number of hydrogen-bond donors (Lipinski definition) is 2. The zero-order valence-electron chi connectivity index (χ0n) is 11.0. The molecule has 0 aliphatic rings. The molecule has 98 valence electrons. The lowest BCUT2D eigenvalue weighted by atomic mass is 10.1. The highest BCUT2D eigenvalue weighted by Crippen LogP contribution is 2.08. The Morgan fingerprint density at radius 2 is 1.88 bits per heavy atom. The Morgan fingerprint density at radius 3 is 2.24 bits per heavy atom. The van der Waals surface area contributed by atoms with Gasteiger partial charge in [0.25, 0.3) is 0 Å². The number of hydrogen-bond acceptors (Lipinski definition) is 3. The van der Waals surface area contributed by atoms with Crippen LogP contribution in [0, 0.1) is 5.92 Å². The van der Waals surface area contributed by atoms with Crippen LogP contribution in [0.3, 0.4) is 0 Å². The first-order valence-electron chi connectivity index (χ1n) is 5.55. The number of ether oxygens (including phenoxy) is 1. The number of nitrogens with one attached hydrogen (secondary N) is 1. The van der Waals surface area contributed by atoms with Crippen molar-refractivity contribution >= 4 is 12.1 Å². The fraction of sp³-hybridized carbons (Fsp3) is 0.667. The Morgan fingerprint density at radius 1 is 1.35 bits per heavy atom. The quantitative estimate of drug-likeness (QED) is 0.744. The molecule has 0 saturated carbocycles. The normalized spacial score (nSPS) is 12.5. The van der Waals surface area contributed by atoms with Crippen molar-refractivity contribution in [3.63, 3.8) is 0 Å². The molecule has 0 aliphatic carbocycles. The van der Waals surface area contributed by atoms with Gasteiger partial charge in [0.15, 0.2) is 0 Å². The van der Waals surface area contributed by atoms with E-state index in [1.807, 2.05) is 13.8 Å². The summed E-state index contributed by atoms with van der Waals surface area (Å²) in [6.07, 6.45) is 1.31. The van der Waals surface area contributed by atoms with Crippen molar-refractivity contribution in [2.45, 2.75) is 46.6 Å². The van der Waals surface area contributed by atoms with Gasteiger partial charge in [0.1, 0.15) is 11.3 Å². The number of aliphatic carboxylic acids is 1. The van der Waals surface area contributed by atoms with Gasteiger partial charge in [-0.05, 0) is 33.1 Å². The lowest BCUT2D eigenvalue weighted by Crippen LogP contribution is -2.34. The molecule has 0 radical (unpaired) electrons. The highest BCUT2D eigenvalue weighted by atomic mass is 16.6. The molecule has 0 atom stereocenters. The average Bonchev–Trinajstić information content (AvgIpc) is 2.08. The van der Waals surface area contributed by atoms with Crippen LogP contribution in [0.25, 0.3) is 0 Å². The third-order valence-corrected chi connectivity index (χ3v) is 1.66. The number of carboxylic acids is 1. The molecule has 0 fully saturated rings. The summed E-state index contributed by atoms with van der Waals surface area (Å²) in [5, 5.41) is 11.1. The number of allylic oxidation sites excluding steroid dienone is 1. The topological polar surface area (TPSA) is 75.6 Å². The van der Waals surface area contributed by atoms with Crippen LogP contribution in [0.1, 0.15) is 41.0 Å². The van der Waals surface area contributed by atoms with Gasteiger partial charge in [-0.2, -0.15) is 0 Å². The van der Waals surface area contributed by atoms with E-state index >= 15 is 0 Å². The van der Waals surface area contributed by atoms with Crippen molar-refractivity contribution in [3.05, 3.63) is 11.8 Å². The molecule has 17 heavy (non-hydrogen) atoms. The van der Waals surface area contributed by atoms with E-state index in [1.165, 1.54) is 6.08 Å². The molecule has 0 unspecified atom stereocenters. The Hall–Kier alpha value is -1.52. The van der Waals surface area contributed by atoms with Crippen LogP contribution in [-0.4, -0.2) is 22.8 Å². The molecule has 2 N–H and O–H groups in total. The summed E-state index contributed by atoms with van der Waals surface area (Å²) in [4.78, 5) is 22.3. The third kappa shape index (κ3) is 8.30. The number of alkyl carbamates (subject to hydrolysis) is 1. The summed E-state index contributed by atoms with van der Waals surface area (Å²) in [7, 11) is 0. The van der Waals surface area contributed by atoms with Gasteiger partial charge in [-0.1, -0.05) is 19.9 Å². The lowest BCUT2D eigenvalue weighted by Gasteiger charge is -2.19. The Bertz CT molecular complexity index is 313. The second kappa shape index (κ2) is 6.27. The van der Waals surface area contributed by atoms with Crippen LogP contribution < -0.4 is 5.32 Å². The summed E-state index contributed by atoms with van der Waals surface area (Å²) in [5.74, 6) is -0.846. The molecule has 0 aromatic carbocycles. The third-order valence-electron chi connectivity index (χ3n) is 1.66. The first-order chi connectivity index (χ1) is 7.61. The maximum absolute atomic E-state index is 11.4. The maximum Gasteiger partial charge on any atom is 0.412 e. The standard InChI is InChI=1S/C12H21NO4/c1-8(2)6-7-9(10(14)15)13-11(16)17-12(3,4)5/h7-8H,6H2,1-5H3,(H,13,16)(H,14,15)/b9-7-. The number of rotatable bonds is 4. The molecule has 0 heterocycles. The average molecular weight is 243 g/mol. The summed E-state index contributed by atoms with van der Waals surface area (Å²) in [5.41, 5.74) is -0.792. The Labute approximate surface area is 102 Å². The minimum absolute atomic E-state index is 0.145. The van der Waals surface area contributed by atoms with Gasteiger partial charge in [-0.25, -0.2) is 9.59 Å². The first kappa shape index (κ1) is 15.5. The van der Waals surface area contributed by atoms with Gasteiger partial charge >= 0.3 is 12.1 Å². The molecule has 0 bridgehead atoms. The molecule has 0 aromatic heterocycles. The number of carboxylic acid groups (broad SMARTS) is 1. The van der Waals surface area contributed by atoms with Gasteiger partial charge in [0.2, 0.25) is 0 Å². The Kier molecular flexibility index (Phi) is 5.71. The predicted octanol–water partition coefficient (Wildman–Crippen LogP) is 2.53. The summed E-state index contributed by atoms with van der Waals surface area (Å²) < 4.78 is 4.97. The molecule has 0 rings (SSSR count). The van der Waals surface area contributed by atoms with Gasteiger partial charge in [0, 0.05) is 0 Å². The van der Waals surface area contributed by atoms with E-state index in [4.69, 9.17) is 9.84 Å². The predicted molar refractivity (Wildman–Crippen MR) is 64.5 cm³/mol. The SMILES string of the molecule is CC(C)C/C=C(\NC(=O)OC(C)(C)C)C(=O)O. The maximum atomic E-state index is 11.4. The van der Waals surface area contributed by atoms with E-state index in [-0.39, 0.29) is 5.70 Å². The van der Waals surface area contributed by atoms with Crippen LogP contribution in [0.15, 0.2) is 11.8 Å². The van der Waals surface area contributed by atoms with Crippen LogP contribution >= 0.6 is 0 Å². The van der Waals surface area contributed by atoms with E-state index in [1.54, 1.807) is 20.8 Å². The molecule has 0 aromatic rings. The van der Waals surface area contributed by atoms with Gasteiger partial charge in [-0.15, -0.1) is 0 Å². The molecule has 0 saturated heterocycles. The minimum Gasteiger partial charge on any atom is -0.477 e. The summed E-state index contributed by atoms with van der Waals surface area (Å²) in [6, 6.07) is 0. The molecular formula is C12H21NO4. The highest BCUT2D eigenvalue weighted by Gasteiger charge is 2.19. The fourth-order valence-electron chi connectivity index (χ4n) is 0.959. The lowest BCUT2D eigenvalue weighted by molar-refractivity contribution is -0.133. The van der Waals surface area contributed by atoms with E-state index in [0.717, 1.165) is 0 Å². The number of amides is 1. The van der Waals surface area contributed by atoms with Crippen molar-refractivity contribution in [1.82, 2.24) is 5.32 Å². The zero-order chi connectivity index (χ0) is 13.6. The van der Waals surface area contributed by atoms with E-state index in [9.17, 15) is 9.59 Å². The van der Waals surface area contributed by atoms with Gasteiger partial charge < -0.3 is 9.84 Å². The van der Waals surface area contributed by atoms with Crippen molar-refractivity contribution < 1.29 is 19.4 Å². The summed E-state index contributed by atoms with van der Waals surface area (Å²) in [6.45, 7) is 9.06. The second-order valence-electron chi connectivity index (χ2n) is 5.18. The van der Waals surface area contributed by atoms with Crippen molar-refractivity contribution in [1.29, 1.82) is 0 Å². The minimum atomic E-state index is -1.17. The Balaban J connectivity index is 4.51.